The molecular weight excluding hydrogens is 282 g/mol. The SMILES string of the molecule is CC(C)(C)c1ccc(C(CN)Oc2ccc(Cl)cc2)cc1. The largest absolute Gasteiger partial charge is 0.484 e. The number of hydrogen-bond donors (Lipinski definition) is 1. The minimum Gasteiger partial charge on any atom is -0.484 e. The summed E-state index contributed by atoms with van der Waals surface area (Å²) in [5.74, 6) is 0.773. The molecule has 0 amide bonds. The molecule has 0 radical (unpaired) electrons. The molecule has 0 bridgehead atoms. The third-order valence-electron chi connectivity index (χ3n) is 3.45. The van der Waals surface area contributed by atoms with E-state index in [4.69, 9.17) is 22.1 Å². The molecule has 3 heteroatoms. The van der Waals surface area contributed by atoms with E-state index >= 15 is 0 Å². The lowest BCUT2D eigenvalue weighted by Crippen LogP contribution is -2.19. The summed E-state index contributed by atoms with van der Waals surface area (Å²) in [5, 5.41) is 0.696. The molecule has 1 unspecified atom stereocenters. The fraction of sp³-hybridized carbons (Fsp3) is 0.333. The van der Waals surface area contributed by atoms with Crippen molar-refractivity contribution in [3.05, 3.63) is 64.7 Å². The van der Waals surface area contributed by atoms with E-state index in [0.29, 0.717) is 11.6 Å². The van der Waals surface area contributed by atoms with Gasteiger partial charge in [-0.1, -0.05) is 56.6 Å². The summed E-state index contributed by atoms with van der Waals surface area (Å²) in [4.78, 5) is 0. The van der Waals surface area contributed by atoms with Gasteiger partial charge in [0.1, 0.15) is 11.9 Å². The molecule has 0 aliphatic carbocycles. The van der Waals surface area contributed by atoms with Crippen LogP contribution in [0.15, 0.2) is 48.5 Å². The third-order valence-corrected chi connectivity index (χ3v) is 3.71. The lowest BCUT2D eigenvalue weighted by atomic mass is 9.86. The van der Waals surface area contributed by atoms with E-state index in [1.807, 2.05) is 24.3 Å². The first-order valence-corrected chi connectivity index (χ1v) is 7.50. The third kappa shape index (κ3) is 4.23. The van der Waals surface area contributed by atoms with Crippen LogP contribution in [-0.2, 0) is 5.41 Å². The molecule has 0 saturated heterocycles. The van der Waals surface area contributed by atoms with Crippen molar-refractivity contribution in [3.8, 4) is 5.75 Å². The van der Waals surface area contributed by atoms with Crippen molar-refractivity contribution in [2.24, 2.45) is 5.73 Å². The molecule has 0 aromatic heterocycles. The van der Waals surface area contributed by atoms with Gasteiger partial charge in [-0.05, 0) is 40.8 Å². The van der Waals surface area contributed by atoms with Crippen LogP contribution in [0.3, 0.4) is 0 Å². The molecule has 0 heterocycles. The monoisotopic (exact) mass is 303 g/mol. The topological polar surface area (TPSA) is 35.2 Å². The number of hydrogen-bond acceptors (Lipinski definition) is 2. The maximum Gasteiger partial charge on any atom is 0.136 e. The molecule has 0 aliphatic rings. The van der Waals surface area contributed by atoms with Crippen LogP contribution in [0.25, 0.3) is 0 Å². The quantitative estimate of drug-likeness (QED) is 0.887. The molecule has 2 rings (SSSR count). The number of rotatable bonds is 4. The van der Waals surface area contributed by atoms with Crippen molar-refractivity contribution >= 4 is 11.6 Å². The van der Waals surface area contributed by atoms with Crippen molar-refractivity contribution < 1.29 is 4.74 Å². The van der Waals surface area contributed by atoms with Gasteiger partial charge in [-0.3, -0.25) is 0 Å². The molecule has 21 heavy (non-hydrogen) atoms. The maximum absolute atomic E-state index is 5.95. The molecule has 2 N–H and O–H groups in total. The Morgan fingerprint density at radius 3 is 2.05 bits per heavy atom. The molecule has 0 saturated carbocycles. The highest BCUT2D eigenvalue weighted by atomic mass is 35.5. The minimum absolute atomic E-state index is 0.147. The molecular formula is C18H22ClNO. The van der Waals surface area contributed by atoms with Crippen molar-refractivity contribution in [1.29, 1.82) is 0 Å². The van der Waals surface area contributed by atoms with Gasteiger partial charge in [-0.15, -0.1) is 0 Å². The number of halogens is 1. The molecule has 0 aliphatic heterocycles. The van der Waals surface area contributed by atoms with E-state index in [1.165, 1.54) is 5.56 Å². The summed E-state index contributed by atoms with van der Waals surface area (Å²) in [5.41, 5.74) is 8.39. The summed E-state index contributed by atoms with van der Waals surface area (Å²) in [6.07, 6.45) is -0.153. The number of benzene rings is 2. The van der Waals surface area contributed by atoms with Crippen LogP contribution in [0, 0.1) is 0 Å². The van der Waals surface area contributed by atoms with Gasteiger partial charge >= 0.3 is 0 Å². The van der Waals surface area contributed by atoms with Crippen molar-refractivity contribution in [3.63, 3.8) is 0 Å². The van der Waals surface area contributed by atoms with Crippen LogP contribution in [-0.4, -0.2) is 6.54 Å². The van der Waals surface area contributed by atoms with Gasteiger partial charge in [-0.25, -0.2) is 0 Å². The number of nitrogens with two attached hydrogens (primary N) is 1. The molecule has 112 valence electrons. The van der Waals surface area contributed by atoms with Crippen LogP contribution >= 0.6 is 11.6 Å². The standard InChI is InChI=1S/C18H22ClNO/c1-18(2,3)14-6-4-13(5-7-14)17(12-20)21-16-10-8-15(19)9-11-16/h4-11,17H,12,20H2,1-3H3. The highest BCUT2D eigenvalue weighted by Crippen LogP contribution is 2.26. The van der Waals surface area contributed by atoms with E-state index in [9.17, 15) is 0 Å². The Morgan fingerprint density at radius 1 is 1.00 bits per heavy atom. The second-order valence-electron chi connectivity index (χ2n) is 6.17. The zero-order valence-corrected chi connectivity index (χ0v) is 13.5. The Balaban J connectivity index is 2.15. The van der Waals surface area contributed by atoms with Gasteiger partial charge < -0.3 is 10.5 Å². The van der Waals surface area contributed by atoms with Crippen molar-refractivity contribution in [2.45, 2.75) is 32.3 Å². The molecule has 0 spiro atoms. The van der Waals surface area contributed by atoms with E-state index in [0.717, 1.165) is 11.3 Å². The average Bonchev–Trinajstić information content (AvgIpc) is 2.46. The lowest BCUT2D eigenvalue weighted by Gasteiger charge is -2.22. The second kappa shape index (κ2) is 6.50. The summed E-state index contributed by atoms with van der Waals surface area (Å²) >= 11 is 5.88. The summed E-state index contributed by atoms with van der Waals surface area (Å²) < 4.78 is 5.95. The maximum atomic E-state index is 5.95. The molecule has 0 fully saturated rings. The van der Waals surface area contributed by atoms with Gasteiger partial charge in [0.05, 0.1) is 0 Å². The molecule has 1 atom stereocenters. The Morgan fingerprint density at radius 2 is 1.57 bits per heavy atom. The van der Waals surface area contributed by atoms with Gasteiger partial charge in [0.25, 0.3) is 0 Å². The summed E-state index contributed by atoms with van der Waals surface area (Å²) in [6, 6.07) is 15.8. The van der Waals surface area contributed by atoms with Crippen LogP contribution in [0.2, 0.25) is 5.02 Å². The Kier molecular flexibility index (Phi) is 4.92. The zero-order valence-electron chi connectivity index (χ0n) is 12.8. The minimum atomic E-state index is -0.153. The normalized spacial score (nSPS) is 13.0. The Hall–Kier alpha value is -1.51. The van der Waals surface area contributed by atoms with Gasteiger partial charge in [0, 0.05) is 11.6 Å². The Bertz CT molecular complexity index is 570. The molecule has 2 nitrogen and oxygen atoms in total. The van der Waals surface area contributed by atoms with E-state index in [2.05, 4.69) is 45.0 Å². The lowest BCUT2D eigenvalue weighted by molar-refractivity contribution is 0.214. The van der Waals surface area contributed by atoms with Crippen LogP contribution in [0.4, 0.5) is 0 Å². The highest BCUT2D eigenvalue weighted by Gasteiger charge is 2.16. The first-order chi connectivity index (χ1) is 9.90. The van der Waals surface area contributed by atoms with Crippen LogP contribution in [0.1, 0.15) is 38.0 Å². The molecule has 2 aromatic rings. The van der Waals surface area contributed by atoms with Crippen molar-refractivity contribution in [2.75, 3.05) is 6.54 Å². The van der Waals surface area contributed by atoms with Gasteiger partial charge in [0.2, 0.25) is 0 Å². The second-order valence-corrected chi connectivity index (χ2v) is 6.60. The summed E-state index contributed by atoms with van der Waals surface area (Å²) in [6.45, 7) is 7.03. The van der Waals surface area contributed by atoms with Crippen LogP contribution in [0.5, 0.6) is 5.75 Å². The van der Waals surface area contributed by atoms with Crippen molar-refractivity contribution in [1.82, 2.24) is 0 Å². The first kappa shape index (κ1) is 15.9. The fourth-order valence-corrected chi connectivity index (χ4v) is 2.25. The van der Waals surface area contributed by atoms with E-state index < -0.39 is 0 Å². The average molecular weight is 304 g/mol. The fourth-order valence-electron chi connectivity index (χ4n) is 2.13. The zero-order chi connectivity index (χ0) is 15.5. The Labute approximate surface area is 131 Å². The van der Waals surface area contributed by atoms with E-state index in [1.54, 1.807) is 0 Å². The number of ether oxygens (including phenoxy) is 1. The smallest absolute Gasteiger partial charge is 0.136 e. The van der Waals surface area contributed by atoms with Crippen LogP contribution < -0.4 is 10.5 Å². The van der Waals surface area contributed by atoms with Gasteiger partial charge in [-0.2, -0.15) is 0 Å². The summed E-state index contributed by atoms with van der Waals surface area (Å²) in [7, 11) is 0. The predicted octanol–water partition coefficient (Wildman–Crippen LogP) is 4.72. The highest BCUT2D eigenvalue weighted by molar-refractivity contribution is 6.30. The predicted molar refractivity (Wildman–Crippen MR) is 89.0 cm³/mol. The first-order valence-electron chi connectivity index (χ1n) is 7.13. The van der Waals surface area contributed by atoms with E-state index in [-0.39, 0.29) is 11.5 Å². The molecule has 2 aromatic carbocycles. The van der Waals surface area contributed by atoms with Gasteiger partial charge in [0.15, 0.2) is 0 Å².